The van der Waals surface area contributed by atoms with Gasteiger partial charge in [0.2, 0.25) is 5.88 Å². The van der Waals surface area contributed by atoms with Crippen molar-refractivity contribution in [1.82, 2.24) is 25.1 Å². The highest BCUT2D eigenvalue weighted by molar-refractivity contribution is 6.04. The summed E-state index contributed by atoms with van der Waals surface area (Å²) in [6.45, 7) is 2.30. The van der Waals surface area contributed by atoms with Crippen LogP contribution in [0.5, 0.6) is 5.88 Å². The highest BCUT2D eigenvalue weighted by Gasteiger charge is 2.32. The van der Waals surface area contributed by atoms with Crippen molar-refractivity contribution in [3.8, 4) is 5.88 Å². The van der Waals surface area contributed by atoms with Crippen LogP contribution in [0.15, 0.2) is 30.7 Å². The number of aromatic nitrogens is 4. The Kier molecular flexibility index (Phi) is 5.43. The van der Waals surface area contributed by atoms with Crippen molar-refractivity contribution in [3.63, 3.8) is 0 Å². The van der Waals surface area contributed by atoms with E-state index in [1.54, 1.807) is 19.2 Å². The van der Waals surface area contributed by atoms with Gasteiger partial charge in [-0.25, -0.2) is 9.37 Å². The highest BCUT2D eigenvalue weighted by atomic mass is 19.4. The molecule has 0 spiro atoms. The molecule has 0 aromatic carbocycles. The lowest BCUT2D eigenvalue weighted by Gasteiger charge is -2.09. The number of amides is 1. The van der Waals surface area contributed by atoms with Gasteiger partial charge >= 0.3 is 6.18 Å². The molecule has 0 saturated heterocycles. The van der Waals surface area contributed by atoms with Crippen molar-refractivity contribution in [1.29, 1.82) is 0 Å². The minimum absolute atomic E-state index is 0.0901. The average Bonchev–Trinajstić information content (AvgIpc) is 3.05. The first-order chi connectivity index (χ1) is 13.3. The van der Waals surface area contributed by atoms with E-state index in [1.165, 1.54) is 10.9 Å². The van der Waals surface area contributed by atoms with Crippen molar-refractivity contribution in [2.24, 2.45) is 0 Å². The molecule has 0 saturated carbocycles. The second kappa shape index (κ2) is 7.79. The normalized spacial score (nSPS) is 11.6. The van der Waals surface area contributed by atoms with Crippen molar-refractivity contribution in [3.05, 3.63) is 47.8 Å². The Morgan fingerprint density at radius 1 is 1.32 bits per heavy atom. The lowest BCUT2D eigenvalue weighted by Crippen LogP contribution is -2.23. The van der Waals surface area contributed by atoms with Crippen LogP contribution < -0.4 is 10.1 Å². The van der Waals surface area contributed by atoms with E-state index in [-0.39, 0.29) is 24.8 Å². The lowest BCUT2D eigenvalue weighted by atomic mass is 10.2. The van der Waals surface area contributed by atoms with Gasteiger partial charge < -0.3 is 10.1 Å². The summed E-state index contributed by atoms with van der Waals surface area (Å²) < 4.78 is 57.9. The number of halogens is 4. The summed E-state index contributed by atoms with van der Waals surface area (Å²) in [5.41, 5.74) is -0.432. The summed E-state index contributed by atoms with van der Waals surface area (Å²) in [7, 11) is 0. The Morgan fingerprint density at radius 3 is 2.79 bits per heavy atom. The molecule has 3 rings (SSSR count). The number of carbonyl (C=O) groups excluding carboxylic acids is 1. The van der Waals surface area contributed by atoms with Crippen molar-refractivity contribution in [2.75, 3.05) is 13.2 Å². The molecule has 0 atom stereocenters. The van der Waals surface area contributed by atoms with Crippen LogP contribution in [0.2, 0.25) is 0 Å². The first-order valence-corrected chi connectivity index (χ1v) is 8.25. The lowest BCUT2D eigenvalue weighted by molar-refractivity contribution is -0.138. The van der Waals surface area contributed by atoms with Gasteiger partial charge in [0.25, 0.3) is 5.91 Å². The van der Waals surface area contributed by atoms with Crippen molar-refractivity contribution in [2.45, 2.75) is 19.6 Å². The fraction of sp³-hybridized carbons (Fsp3) is 0.294. The molecule has 11 heteroatoms. The third kappa shape index (κ3) is 4.18. The number of nitrogens with one attached hydrogen (secondary N) is 1. The Labute approximate surface area is 156 Å². The molecule has 0 bridgehead atoms. The number of hydrogen-bond donors (Lipinski definition) is 1. The van der Waals surface area contributed by atoms with Gasteiger partial charge in [-0.2, -0.15) is 18.3 Å². The second-order valence-electron chi connectivity index (χ2n) is 5.70. The van der Waals surface area contributed by atoms with Crippen LogP contribution in [0.25, 0.3) is 10.9 Å². The van der Waals surface area contributed by atoms with E-state index in [1.807, 2.05) is 0 Å². The quantitative estimate of drug-likeness (QED) is 0.647. The molecule has 0 radical (unpaired) electrons. The largest absolute Gasteiger partial charge is 0.474 e. The molecule has 1 amide bonds. The molecule has 148 valence electrons. The third-order valence-corrected chi connectivity index (χ3v) is 3.73. The zero-order chi connectivity index (χ0) is 20.3. The number of fused-ring (bicyclic) bond motifs is 1. The van der Waals surface area contributed by atoms with E-state index in [9.17, 15) is 22.4 Å². The summed E-state index contributed by atoms with van der Waals surface area (Å²) in [6.07, 6.45) is -1.13. The van der Waals surface area contributed by atoms with Crippen LogP contribution in [0.3, 0.4) is 0 Å². The number of carbonyl (C=O) groups is 1. The average molecular weight is 397 g/mol. The second-order valence-corrected chi connectivity index (χ2v) is 5.70. The van der Waals surface area contributed by atoms with Gasteiger partial charge in [-0.05, 0) is 19.1 Å². The molecule has 3 heterocycles. The van der Waals surface area contributed by atoms with Crippen LogP contribution >= 0.6 is 0 Å². The molecule has 3 aromatic rings. The Morgan fingerprint density at radius 2 is 2.11 bits per heavy atom. The van der Waals surface area contributed by atoms with Crippen LogP contribution in [-0.2, 0) is 12.7 Å². The molecular formula is C17H15F4N5O2. The first-order valence-electron chi connectivity index (χ1n) is 8.25. The van der Waals surface area contributed by atoms with Gasteiger partial charge in [-0.1, -0.05) is 0 Å². The molecule has 0 aliphatic heterocycles. The maximum atomic E-state index is 13.7. The summed E-state index contributed by atoms with van der Waals surface area (Å²) >= 11 is 0. The standard InChI is InChI=1S/C17H15F4N5O2/c1-2-22-15(27)14-11-9-26(25-13(11)3-4-23-14)5-6-28-16-12(18)7-10(8-24-16)17(19,20)21/h3-4,7-9H,2,5-6H2,1H3,(H,22,27). The van der Waals surface area contributed by atoms with Gasteiger partial charge in [-0.3, -0.25) is 14.5 Å². The van der Waals surface area contributed by atoms with E-state index < -0.39 is 23.4 Å². The summed E-state index contributed by atoms with van der Waals surface area (Å²) in [5, 5.41) is 7.46. The fourth-order valence-corrected chi connectivity index (χ4v) is 2.46. The van der Waals surface area contributed by atoms with Gasteiger partial charge in [0.1, 0.15) is 12.3 Å². The number of pyridine rings is 2. The summed E-state index contributed by atoms with van der Waals surface area (Å²) in [5.74, 6) is -2.07. The SMILES string of the molecule is CCNC(=O)c1nccc2nn(CCOc3ncc(C(F)(F)F)cc3F)cc12. The number of alkyl halides is 3. The number of hydrogen-bond acceptors (Lipinski definition) is 5. The minimum Gasteiger partial charge on any atom is -0.474 e. The predicted molar refractivity (Wildman–Crippen MR) is 90.2 cm³/mol. The fourth-order valence-electron chi connectivity index (χ4n) is 2.46. The minimum atomic E-state index is -4.68. The monoisotopic (exact) mass is 397 g/mol. The maximum Gasteiger partial charge on any atom is 0.417 e. The molecule has 0 fully saturated rings. The Bertz CT molecular complexity index is 1000. The topological polar surface area (TPSA) is 81.9 Å². The molecule has 28 heavy (non-hydrogen) atoms. The molecule has 0 unspecified atom stereocenters. The van der Waals surface area contributed by atoms with Crippen LogP contribution in [-0.4, -0.2) is 38.8 Å². The predicted octanol–water partition coefficient (Wildman–Crippen LogP) is 2.81. The highest BCUT2D eigenvalue weighted by Crippen LogP contribution is 2.30. The number of ether oxygens (including phenoxy) is 1. The summed E-state index contributed by atoms with van der Waals surface area (Å²) in [6, 6.07) is 1.96. The van der Waals surface area contributed by atoms with Gasteiger partial charge in [-0.15, -0.1) is 0 Å². The van der Waals surface area contributed by atoms with Crippen LogP contribution in [0.1, 0.15) is 23.0 Å². The zero-order valence-electron chi connectivity index (χ0n) is 14.6. The van der Waals surface area contributed by atoms with E-state index in [0.29, 0.717) is 29.7 Å². The van der Waals surface area contributed by atoms with Gasteiger partial charge in [0.05, 0.1) is 23.0 Å². The van der Waals surface area contributed by atoms with E-state index in [2.05, 4.69) is 20.4 Å². The number of nitrogens with zero attached hydrogens (tertiary/aromatic N) is 4. The zero-order valence-corrected chi connectivity index (χ0v) is 14.6. The van der Waals surface area contributed by atoms with Crippen LogP contribution in [0, 0.1) is 5.82 Å². The molecule has 0 aliphatic carbocycles. The van der Waals surface area contributed by atoms with Crippen molar-refractivity contribution < 1.29 is 27.1 Å². The van der Waals surface area contributed by atoms with E-state index in [0.717, 1.165) is 0 Å². The first kappa shape index (κ1) is 19.5. The molecular weight excluding hydrogens is 382 g/mol. The van der Waals surface area contributed by atoms with Crippen molar-refractivity contribution >= 4 is 16.8 Å². The van der Waals surface area contributed by atoms with E-state index >= 15 is 0 Å². The summed E-state index contributed by atoms with van der Waals surface area (Å²) in [4.78, 5) is 19.5. The maximum absolute atomic E-state index is 13.7. The molecule has 0 aliphatic rings. The smallest absolute Gasteiger partial charge is 0.417 e. The molecule has 7 nitrogen and oxygen atoms in total. The van der Waals surface area contributed by atoms with Gasteiger partial charge in [0, 0.05) is 25.1 Å². The van der Waals surface area contributed by atoms with Crippen LogP contribution in [0.4, 0.5) is 17.6 Å². The Hall–Kier alpha value is -3.24. The number of rotatable bonds is 6. The van der Waals surface area contributed by atoms with E-state index in [4.69, 9.17) is 4.74 Å². The molecule has 1 N–H and O–H groups in total. The Balaban J connectivity index is 1.69. The molecule has 3 aromatic heterocycles. The third-order valence-electron chi connectivity index (χ3n) is 3.73. The van der Waals surface area contributed by atoms with Gasteiger partial charge in [0.15, 0.2) is 5.82 Å².